The summed E-state index contributed by atoms with van der Waals surface area (Å²) in [4.78, 5) is 27.7. The van der Waals surface area contributed by atoms with E-state index in [1.54, 1.807) is 18.2 Å². The van der Waals surface area contributed by atoms with Gasteiger partial charge in [-0.1, -0.05) is 60.7 Å². The molecule has 5 heteroatoms. The van der Waals surface area contributed by atoms with Crippen LogP contribution in [0.25, 0.3) is 0 Å². The number of hydrogen-bond acceptors (Lipinski definition) is 3. The molecule has 0 bridgehead atoms. The van der Waals surface area contributed by atoms with Crippen LogP contribution < -0.4 is 10.6 Å². The third kappa shape index (κ3) is 4.75. The van der Waals surface area contributed by atoms with Gasteiger partial charge in [0.1, 0.15) is 0 Å². The molecule has 1 saturated heterocycles. The lowest BCUT2D eigenvalue weighted by Gasteiger charge is -2.24. The Bertz CT molecular complexity index is 1010. The molecule has 0 aromatic heterocycles. The SMILES string of the molecule is O=C(CN1CCC[C@H]1c1ccccc1)Nc1ccccc1C(=O)Nc1ccccc1. The molecule has 0 saturated carbocycles. The first-order valence-electron chi connectivity index (χ1n) is 10.2. The summed E-state index contributed by atoms with van der Waals surface area (Å²) in [7, 11) is 0. The third-order valence-corrected chi connectivity index (χ3v) is 5.37. The van der Waals surface area contributed by atoms with Gasteiger partial charge in [-0.3, -0.25) is 14.5 Å². The number of para-hydroxylation sites is 2. The van der Waals surface area contributed by atoms with Crippen molar-refractivity contribution in [3.05, 3.63) is 96.1 Å². The fourth-order valence-corrected chi connectivity index (χ4v) is 3.95. The molecule has 0 radical (unpaired) electrons. The third-order valence-electron chi connectivity index (χ3n) is 5.37. The Hall–Kier alpha value is -3.44. The lowest BCUT2D eigenvalue weighted by molar-refractivity contribution is -0.117. The lowest BCUT2D eigenvalue weighted by Crippen LogP contribution is -2.33. The molecule has 2 amide bonds. The van der Waals surface area contributed by atoms with Crippen LogP contribution in [-0.2, 0) is 4.79 Å². The molecule has 1 aliphatic rings. The Morgan fingerprint density at radius 1 is 0.833 bits per heavy atom. The van der Waals surface area contributed by atoms with Gasteiger partial charge in [-0.25, -0.2) is 0 Å². The van der Waals surface area contributed by atoms with Gasteiger partial charge in [0.2, 0.25) is 5.91 Å². The molecule has 30 heavy (non-hydrogen) atoms. The normalized spacial score (nSPS) is 16.2. The Morgan fingerprint density at radius 2 is 1.50 bits per heavy atom. The first-order chi connectivity index (χ1) is 14.7. The van der Waals surface area contributed by atoms with Gasteiger partial charge >= 0.3 is 0 Å². The molecule has 5 nitrogen and oxygen atoms in total. The average molecular weight is 399 g/mol. The number of carbonyl (C=O) groups excluding carboxylic acids is 2. The van der Waals surface area contributed by atoms with Gasteiger partial charge in [0.15, 0.2) is 0 Å². The van der Waals surface area contributed by atoms with Crippen molar-refractivity contribution in [1.29, 1.82) is 0 Å². The van der Waals surface area contributed by atoms with E-state index >= 15 is 0 Å². The van der Waals surface area contributed by atoms with Crippen LogP contribution in [-0.4, -0.2) is 29.8 Å². The zero-order valence-corrected chi connectivity index (χ0v) is 16.8. The maximum Gasteiger partial charge on any atom is 0.257 e. The van der Waals surface area contributed by atoms with E-state index in [2.05, 4.69) is 27.7 Å². The van der Waals surface area contributed by atoms with Gasteiger partial charge in [0, 0.05) is 11.7 Å². The Labute approximate surface area is 176 Å². The van der Waals surface area contributed by atoms with Crippen LogP contribution >= 0.6 is 0 Å². The van der Waals surface area contributed by atoms with Crippen LogP contribution in [0.5, 0.6) is 0 Å². The zero-order valence-electron chi connectivity index (χ0n) is 16.8. The standard InChI is InChI=1S/C25H25N3O2/c29-24(18-28-17-9-16-23(28)19-10-3-1-4-11-19)27-22-15-8-7-14-21(22)25(30)26-20-12-5-2-6-13-20/h1-8,10-15,23H,9,16-18H2,(H,26,30)(H,27,29)/t23-/m0/s1. The highest BCUT2D eigenvalue weighted by Crippen LogP contribution is 2.31. The minimum atomic E-state index is -0.250. The number of carbonyl (C=O) groups is 2. The summed E-state index contributed by atoms with van der Waals surface area (Å²) in [5.41, 5.74) is 2.92. The van der Waals surface area contributed by atoms with Gasteiger partial charge in [-0.15, -0.1) is 0 Å². The average Bonchev–Trinajstić information content (AvgIpc) is 3.23. The van der Waals surface area contributed by atoms with E-state index in [-0.39, 0.29) is 17.9 Å². The minimum absolute atomic E-state index is 0.113. The number of amides is 2. The van der Waals surface area contributed by atoms with E-state index in [1.807, 2.05) is 54.6 Å². The summed E-state index contributed by atoms with van der Waals surface area (Å²) in [6, 6.07) is 26.9. The molecule has 2 N–H and O–H groups in total. The van der Waals surface area contributed by atoms with Gasteiger partial charge in [0.25, 0.3) is 5.91 Å². The van der Waals surface area contributed by atoms with Crippen LogP contribution in [0.3, 0.4) is 0 Å². The smallest absolute Gasteiger partial charge is 0.257 e. The molecule has 4 rings (SSSR count). The fraction of sp³-hybridized carbons (Fsp3) is 0.200. The Morgan fingerprint density at radius 3 is 2.27 bits per heavy atom. The second-order valence-corrected chi connectivity index (χ2v) is 7.45. The highest BCUT2D eigenvalue weighted by molar-refractivity contribution is 6.10. The monoisotopic (exact) mass is 399 g/mol. The number of nitrogens with zero attached hydrogens (tertiary/aromatic N) is 1. The number of nitrogens with one attached hydrogen (secondary N) is 2. The Balaban J connectivity index is 1.43. The van der Waals surface area contributed by atoms with E-state index in [4.69, 9.17) is 0 Å². The quantitative estimate of drug-likeness (QED) is 0.631. The van der Waals surface area contributed by atoms with Crippen molar-refractivity contribution in [2.45, 2.75) is 18.9 Å². The molecule has 1 aliphatic heterocycles. The summed E-state index contributed by atoms with van der Waals surface area (Å²) in [5.74, 6) is -0.363. The lowest BCUT2D eigenvalue weighted by atomic mass is 10.0. The molecule has 0 unspecified atom stereocenters. The van der Waals surface area contributed by atoms with Crippen LogP contribution in [0.15, 0.2) is 84.9 Å². The molecular formula is C25H25N3O2. The van der Waals surface area contributed by atoms with Crippen LogP contribution in [0, 0.1) is 0 Å². The maximum atomic E-state index is 12.8. The van der Waals surface area contributed by atoms with Crippen molar-refractivity contribution in [2.24, 2.45) is 0 Å². The summed E-state index contributed by atoms with van der Waals surface area (Å²) < 4.78 is 0. The number of benzene rings is 3. The molecule has 1 heterocycles. The van der Waals surface area contributed by atoms with Gasteiger partial charge in [-0.2, -0.15) is 0 Å². The molecule has 3 aromatic carbocycles. The summed E-state index contributed by atoms with van der Waals surface area (Å²) in [6.45, 7) is 1.19. The van der Waals surface area contributed by atoms with Crippen molar-refractivity contribution < 1.29 is 9.59 Å². The molecule has 3 aromatic rings. The fourth-order valence-electron chi connectivity index (χ4n) is 3.95. The molecular weight excluding hydrogens is 374 g/mol. The number of rotatable bonds is 6. The maximum absolute atomic E-state index is 12.8. The van der Waals surface area contributed by atoms with Crippen molar-refractivity contribution in [1.82, 2.24) is 4.90 Å². The highest BCUT2D eigenvalue weighted by atomic mass is 16.2. The topological polar surface area (TPSA) is 61.4 Å². The summed E-state index contributed by atoms with van der Waals surface area (Å²) in [5, 5.41) is 5.81. The van der Waals surface area contributed by atoms with Crippen LogP contribution in [0.1, 0.15) is 34.8 Å². The van der Waals surface area contributed by atoms with Crippen molar-refractivity contribution >= 4 is 23.2 Å². The number of anilines is 2. The minimum Gasteiger partial charge on any atom is -0.324 e. The van der Waals surface area contributed by atoms with E-state index in [0.717, 1.165) is 19.4 Å². The second kappa shape index (κ2) is 9.37. The number of hydrogen-bond donors (Lipinski definition) is 2. The molecule has 1 fully saturated rings. The van der Waals surface area contributed by atoms with Crippen LogP contribution in [0.2, 0.25) is 0 Å². The van der Waals surface area contributed by atoms with Gasteiger partial charge in [0.05, 0.1) is 17.8 Å². The second-order valence-electron chi connectivity index (χ2n) is 7.45. The van der Waals surface area contributed by atoms with Gasteiger partial charge in [-0.05, 0) is 49.2 Å². The van der Waals surface area contributed by atoms with Crippen molar-refractivity contribution in [2.75, 3.05) is 23.7 Å². The van der Waals surface area contributed by atoms with E-state index in [9.17, 15) is 9.59 Å². The summed E-state index contributed by atoms with van der Waals surface area (Å²) in [6.07, 6.45) is 2.12. The first-order valence-corrected chi connectivity index (χ1v) is 10.2. The van der Waals surface area contributed by atoms with Gasteiger partial charge < -0.3 is 10.6 Å². The predicted octanol–water partition coefficient (Wildman–Crippen LogP) is 4.71. The number of likely N-dealkylation sites (tertiary alicyclic amines) is 1. The highest BCUT2D eigenvalue weighted by Gasteiger charge is 2.27. The predicted molar refractivity (Wildman–Crippen MR) is 119 cm³/mol. The van der Waals surface area contributed by atoms with Crippen molar-refractivity contribution in [3.8, 4) is 0 Å². The van der Waals surface area contributed by atoms with E-state index in [1.165, 1.54) is 5.56 Å². The van der Waals surface area contributed by atoms with E-state index < -0.39 is 0 Å². The molecule has 1 atom stereocenters. The Kier molecular flexibility index (Phi) is 6.20. The van der Waals surface area contributed by atoms with E-state index in [0.29, 0.717) is 23.5 Å². The summed E-state index contributed by atoms with van der Waals surface area (Å²) >= 11 is 0. The first kappa shape index (κ1) is 19.9. The van der Waals surface area contributed by atoms with Crippen molar-refractivity contribution in [3.63, 3.8) is 0 Å². The molecule has 0 spiro atoms. The van der Waals surface area contributed by atoms with Crippen LogP contribution in [0.4, 0.5) is 11.4 Å². The zero-order chi connectivity index (χ0) is 20.8. The molecule has 0 aliphatic carbocycles. The molecule has 152 valence electrons. The largest absolute Gasteiger partial charge is 0.324 e.